The molecule has 3 N–H and O–H groups in total. The van der Waals surface area contributed by atoms with E-state index in [0.29, 0.717) is 25.9 Å². The maximum absolute atomic E-state index is 15.2. The van der Waals surface area contributed by atoms with Crippen LogP contribution in [-0.2, 0) is 4.74 Å². The molecule has 0 radical (unpaired) electrons. The van der Waals surface area contributed by atoms with Crippen LogP contribution in [0.4, 0.5) is 25.1 Å². The van der Waals surface area contributed by atoms with E-state index in [1.807, 2.05) is 20.8 Å². The maximum atomic E-state index is 15.2. The van der Waals surface area contributed by atoms with Crippen molar-refractivity contribution in [1.29, 1.82) is 0 Å². The van der Waals surface area contributed by atoms with E-state index in [2.05, 4.69) is 27.2 Å². The number of nitrogens with two attached hydrogens (primary N) is 1. The molecule has 2 aromatic carbocycles. The molecule has 0 unspecified atom stereocenters. The minimum atomic E-state index is -0.801. The molecule has 13 heteroatoms. The molecule has 4 aromatic rings. The fraction of sp³-hybridized carbons (Fsp3) is 0.265. The summed E-state index contributed by atoms with van der Waals surface area (Å²) < 4.78 is 40.7. The highest BCUT2D eigenvalue weighted by atomic mass is 19.1. The Morgan fingerprint density at radius 2 is 1.72 bits per heavy atom. The van der Waals surface area contributed by atoms with Gasteiger partial charge >= 0.3 is 6.09 Å². The van der Waals surface area contributed by atoms with Gasteiger partial charge in [0.1, 0.15) is 34.1 Å². The highest BCUT2D eigenvalue weighted by molar-refractivity contribution is 6.04. The third-order valence-electron chi connectivity index (χ3n) is 7.06. The summed E-state index contributed by atoms with van der Waals surface area (Å²) in [6.45, 7) is 6.46. The number of benzene rings is 2. The van der Waals surface area contributed by atoms with E-state index in [4.69, 9.17) is 15.2 Å². The number of anilines is 2. The first-order chi connectivity index (χ1) is 22.4. The monoisotopic (exact) mass is 642 g/mol. The van der Waals surface area contributed by atoms with Crippen molar-refractivity contribution in [3.8, 4) is 29.0 Å². The number of carbonyl (C=O) groups is 2. The SMILES string of the molecule is CC(C)(C)OC(=O)N1CCC(C#Cc2c(Oc3ccc(NC(=O)c4ccnn(-c5ccc(F)cc5)c4=O)cc3F)ccnc2N)CC1. The second kappa shape index (κ2) is 13.7. The number of aromatic nitrogens is 3. The van der Waals surface area contributed by atoms with Crippen molar-refractivity contribution in [1.82, 2.24) is 19.7 Å². The van der Waals surface area contributed by atoms with Crippen LogP contribution in [0.15, 0.2) is 71.8 Å². The molecular formula is C34H32F2N6O5. The lowest BCUT2D eigenvalue weighted by molar-refractivity contribution is 0.0199. The molecule has 0 bridgehead atoms. The van der Waals surface area contributed by atoms with Gasteiger partial charge in [-0.3, -0.25) is 9.59 Å². The molecule has 0 saturated carbocycles. The Morgan fingerprint density at radius 1 is 1.00 bits per heavy atom. The largest absolute Gasteiger partial charge is 0.453 e. The molecule has 3 heterocycles. The Kier molecular flexibility index (Phi) is 9.51. The maximum Gasteiger partial charge on any atom is 0.410 e. The number of pyridine rings is 1. The molecular weight excluding hydrogens is 610 g/mol. The van der Waals surface area contributed by atoms with Crippen LogP contribution in [0.3, 0.4) is 0 Å². The molecule has 1 aliphatic rings. The second-order valence-electron chi connectivity index (χ2n) is 11.7. The van der Waals surface area contributed by atoms with Gasteiger partial charge in [-0.2, -0.15) is 9.78 Å². The number of piperidine rings is 1. The van der Waals surface area contributed by atoms with Gasteiger partial charge < -0.3 is 25.4 Å². The summed E-state index contributed by atoms with van der Waals surface area (Å²) in [5.41, 5.74) is 5.15. The summed E-state index contributed by atoms with van der Waals surface area (Å²) in [4.78, 5) is 43.9. The molecule has 1 fully saturated rings. The van der Waals surface area contributed by atoms with Gasteiger partial charge in [-0.25, -0.2) is 18.6 Å². The van der Waals surface area contributed by atoms with Crippen molar-refractivity contribution in [2.24, 2.45) is 5.92 Å². The average Bonchev–Trinajstić information content (AvgIpc) is 3.02. The fourth-order valence-corrected chi connectivity index (χ4v) is 4.71. The summed E-state index contributed by atoms with van der Waals surface area (Å²) >= 11 is 0. The minimum absolute atomic E-state index is 0.0130. The second-order valence-corrected chi connectivity index (χ2v) is 11.7. The first-order valence-electron chi connectivity index (χ1n) is 14.7. The van der Waals surface area contributed by atoms with Crippen LogP contribution < -0.4 is 21.3 Å². The zero-order valence-corrected chi connectivity index (χ0v) is 25.9. The van der Waals surface area contributed by atoms with Gasteiger partial charge in [0, 0.05) is 49.2 Å². The average molecular weight is 643 g/mol. The number of halogens is 2. The normalized spacial score (nSPS) is 13.3. The summed E-state index contributed by atoms with van der Waals surface area (Å²) in [5, 5.41) is 6.45. The lowest BCUT2D eigenvalue weighted by Crippen LogP contribution is -2.41. The standard InChI is InChI=1S/C34H32F2N6O5/c1-34(2,3)47-33(45)41-18-14-21(15-19-41)4-10-25-28(13-16-38-30(25)37)46-29-11-7-23(20-27(29)36)40-31(43)26-12-17-39-42(32(26)44)24-8-5-22(35)6-9-24/h5-9,11-13,16-17,20-21H,14-15,18-19H2,1-3H3,(H2,37,38)(H,40,43). The van der Waals surface area contributed by atoms with Gasteiger partial charge in [-0.1, -0.05) is 11.8 Å². The number of amides is 2. The van der Waals surface area contributed by atoms with Gasteiger partial charge in [0.15, 0.2) is 11.6 Å². The van der Waals surface area contributed by atoms with Crippen LogP contribution in [-0.4, -0.2) is 50.4 Å². The Balaban J connectivity index is 1.26. The van der Waals surface area contributed by atoms with Crippen molar-refractivity contribution < 1.29 is 27.8 Å². The Bertz CT molecular complexity index is 1920. The molecule has 11 nitrogen and oxygen atoms in total. The van der Waals surface area contributed by atoms with Crippen molar-refractivity contribution >= 4 is 23.5 Å². The third-order valence-corrected chi connectivity index (χ3v) is 7.06. The lowest BCUT2D eigenvalue weighted by atomic mass is 9.97. The molecule has 0 atom stereocenters. The predicted octanol–water partition coefficient (Wildman–Crippen LogP) is 5.53. The van der Waals surface area contributed by atoms with E-state index in [-0.39, 0.29) is 51.8 Å². The molecule has 2 amide bonds. The van der Waals surface area contributed by atoms with Crippen LogP contribution in [0.25, 0.3) is 5.69 Å². The highest BCUT2D eigenvalue weighted by Crippen LogP contribution is 2.31. The van der Waals surface area contributed by atoms with E-state index in [0.717, 1.165) is 22.9 Å². The van der Waals surface area contributed by atoms with E-state index < -0.39 is 28.7 Å². The fourth-order valence-electron chi connectivity index (χ4n) is 4.71. The zero-order chi connectivity index (χ0) is 33.7. The molecule has 5 rings (SSSR count). The number of hydrogen-bond acceptors (Lipinski definition) is 8. The van der Waals surface area contributed by atoms with Crippen LogP contribution in [0.5, 0.6) is 11.5 Å². The molecule has 0 spiro atoms. The number of hydrogen-bond donors (Lipinski definition) is 2. The minimum Gasteiger partial charge on any atom is -0.453 e. The van der Waals surface area contributed by atoms with Gasteiger partial charge in [0.2, 0.25) is 0 Å². The number of nitrogens with zero attached hydrogens (tertiary/aromatic N) is 4. The Morgan fingerprint density at radius 3 is 2.40 bits per heavy atom. The van der Waals surface area contributed by atoms with E-state index in [9.17, 15) is 18.8 Å². The smallest absolute Gasteiger partial charge is 0.410 e. The third kappa shape index (κ3) is 8.09. The number of likely N-dealkylation sites (tertiary alicyclic amines) is 1. The first-order valence-corrected chi connectivity index (χ1v) is 14.7. The number of rotatable bonds is 5. The molecule has 1 saturated heterocycles. The quantitative estimate of drug-likeness (QED) is 0.271. The number of nitrogens with one attached hydrogen (secondary N) is 1. The van der Waals surface area contributed by atoms with Crippen molar-refractivity contribution in [3.05, 3.63) is 100 Å². The van der Waals surface area contributed by atoms with Gasteiger partial charge in [-0.15, -0.1) is 0 Å². The zero-order valence-electron chi connectivity index (χ0n) is 25.9. The highest BCUT2D eigenvalue weighted by Gasteiger charge is 2.26. The molecule has 47 heavy (non-hydrogen) atoms. The Hall–Kier alpha value is -5.77. The topological polar surface area (TPSA) is 142 Å². The van der Waals surface area contributed by atoms with Crippen LogP contribution in [0, 0.1) is 29.4 Å². The number of nitrogen functional groups attached to an aromatic ring is 1. The first kappa shape index (κ1) is 32.6. The predicted molar refractivity (Wildman–Crippen MR) is 170 cm³/mol. The van der Waals surface area contributed by atoms with Crippen molar-refractivity contribution in [2.75, 3.05) is 24.1 Å². The molecule has 0 aliphatic carbocycles. The van der Waals surface area contributed by atoms with Crippen LogP contribution in [0.2, 0.25) is 0 Å². The molecule has 2 aromatic heterocycles. The van der Waals surface area contributed by atoms with E-state index >= 15 is 4.39 Å². The lowest BCUT2D eigenvalue weighted by Gasteiger charge is -2.31. The summed E-state index contributed by atoms with van der Waals surface area (Å²) in [7, 11) is 0. The van der Waals surface area contributed by atoms with Gasteiger partial charge in [0.25, 0.3) is 11.5 Å². The van der Waals surface area contributed by atoms with Gasteiger partial charge in [-0.05, 0) is 76.1 Å². The molecule has 1 aliphatic heterocycles. The van der Waals surface area contributed by atoms with Crippen LogP contribution >= 0.6 is 0 Å². The summed E-state index contributed by atoms with van der Waals surface area (Å²) in [5.74, 6) is 4.23. The Labute approximate surface area is 269 Å². The van der Waals surface area contributed by atoms with Crippen molar-refractivity contribution in [3.63, 3.8) is 0 Å². The van der Waals surface area contributed by atoms with Crippen LogP contribution in [0.1, 0.15) is 49.5 Å². The number of ether oxygens (including phenoxy) is 2. The number of carbonyl (C=O) groups excluding carboxylic acids is 2. The molecule has 242 valence electrons. The van der Waals surface area contributed by atoms with E-state index in [1.54, 1.807) is 4.90 Å². The van der Waals surface area contributed by atoms with Gasteiger partial charge in [0.05, 0.1) is 5.69 Å². The van der Waals surface area contributed by atoms with E-state index in [1.165, 1.54) is 48.8 Å². The van der Waals surface area contributed by atoms with Crippen molar-refractivity contribution in [2.45, 2.75) is 39.2 Å². The summed E-state index contributed by atoms with van der Waals surface area (Å²) in [6, 6.07) is 11.5. The summed E-state index contributed by atoms with van der Waals surface area (Å²) in [6.07, 6.45) is 3.60.